The number of ether oxygens (including phenoxy) is 1. The zero-order valence-electron chi connectivity index (χ0n) is 12.7. The molecule has 2 aromatic rings. The number of nitrogens with one attached hydrogen (secondary N) is 1. The predicted octanol–water partition coefficient (Wildman–Crippen LogP) is 3.47. The Bertz CT molecular complexity index is 561. The van der Waals surface area contributed by atoms with Crippen LogP contribution in [0.15, 0.2) is 30.5 Å². The highest BCUT2D eigenvalue weighted by molar-refractivity contribution is 5.46. The smallest absolute Gasteiger partial charge is 0.119 e. The number of aryl methyl sites for hydroxylation is 1. The van der Waals surface area contributed by atoms with Crippen LogP contribution in [0, 0.1) is 12.8 Å². The van der Waals surface area contributed by atoms with Crippen molar-refractivity contribution < 1.29 is 4.74 Å². The molecule has 0 atom stereocenters. The molecule has 20 heavy (non-hydrogen) atoms. The van der Waals surface area contributed by atoms with E-state index in [1.165, 1.54) is 5.56 Å². The molecule has 0 saturated carbocycles. The van der Waals surface area contributed by atoms with Crippen molar-refractivity contribution in [3.63, 3.8) is 0 Å². The van der Waals surface area contributed by atoms with Crippen molar-refractivity contribution in [2.24, 2.45) is 5.92 Å². The lowest BCUT2D eigenvalue weighted by Crippen LogP contribution is -2.04. The standard InChI is InChI=1S/C16H23N3O/c1-12(2)10-19-11-16(13(3)18-19)17-9-14-6-5-7-15(8-14)20-4/h5-8,11-12,17H,9-10H2,1-4H3. The van der Waals surface area contributed by atoms with E-state index in [-0.39, 0.29) is 0 Å². The van der Waals surface area contributed by atoms with Gasteiger partial charge in [-0.1, -0.05) is 26.0 Å². The number of hydrogen-bond donors (Lipinski definition) is 1. The summed E-state index contributed by atoms with van der Waals surface area (Å²) in [6.45, 7) is 8.14. The van der Waals surface area contributed by atoms with Crippen molar-refractivity contribution >= 4 is 5.69 Å². The molecule has 0 fully saturated rings. The molecule has 2 rings (SSSR count). The summed E-state index contributed by atoms with van der Waals surface area (Å²) < 4.78 is 7.24. The van der Waals surface area contributed by atoms with Crippen LogP contribution in [0.1, 0.15) is 25.1 Å². The van der Waals surface area contributed by atoms with E-state index in [1.54, 1.807) is 7.11 Å². The van der Waals surface area contributed by atoms with Gasteiger partial charge in [-0.3, -0.25) is 4.68 Å². The molecule has 0 aliphatic rings. The summed E-state index contributed by atoms with van der Waals surface area (Å²) in [4.78, 5) is 0. The number of methoxy groups -OCH3 is 1. The van der Waals surface area contributed by atoms with Crippen LogP contribution in [0.2, 0.25) is 0 Å². The first-order valence-electron chi connectivity index (χ1n) is 6.99. The lowest BCUT2D eigenvalue weighted by atomic mass is 10.2. The Balaban J connectivity index is 2.01. The van der Waals surface area contributed by atoms with Gasteiger partial charge in [0.25, 0.3) is 0 Å². The lowest BCUT2D eigenvalue weighted by Gasteiger charge is -2.07. The Hall–Kier alpha value is -1.97. The van der Waals surface area contributed by atoms with Gasteiger partial charge in [0.1, 0.15) is 5.75 Å². The van der Waals surface area contributed by atoms with E-state index < -0.39 is 0 Å². The van der Waals surface area contributed by atoms with Gasteiger partial charge in [-0.2, -0.15) is 5.10 Å². The first-order chi connectivity index (χ1) is 9.58. The van der Waals surface area contributed by atoms with Crippen LogP contribution in [0.5, 0.6) is 5.75 Å². The summed E-state index contributed by atoms with van der Waals surface area (Å²) >= 11 is 0. The Labute approximate surface area is 120 Å². The first kappa shape index (κ1) is 14.4. The van der Waals surface area contributed by atoms with Crippen molar-refractivity contribution in [2.75, 3.05) is 12.4 Å². The predicted molar refractivity (Wildman–Crippen MR) is 82.1 cm³/mol. The van der Waals surface area contributed by atoms with Crippen molar-refractivity contribution in [3.8, 4) is 5.75 Å². The quantitative estimate of drug-likeness (QED) is 0.876. The number of aromatic nitrogens is 2. The Morgan fingerprint density at radius 2 is 2.15 bits per heavy atom. The van der Waals surface area contributed by atoms with Crippen LogP contribution < -0.4 is 10.1 Å². The summed E-state index contributed by atoms with van der Waals surface area (Å²) in [6.07, 6.45) is 2.08. The van der Waals surface area contributed by atoms with E-state index in [9.17, 15) is 0 Å². The molecule has 1 N–H and O–H groups in total. The van der Waals surface area contributed by atoms with Crippen LogP contribution in [0.25, 0.3) is 0 Å². The zero-order chi connectivity index (χ0) is 14.5. The molecule has 0 spiro atoms. The second-order valence-corrected chi connectivity index (χ2v) is 5.45. The average molecular weight is 273 g/mol. The van der Waals surface area contributed by atoms with E-state index >= 15 is 0 Å². The molecule has 0 saturated heterocycles. The SMILES string of the molecule is COc1cccc(CNc2cn(CC(C)C)nc2C)c1. The molecule has 0 aliphatic heterocycles. The minimum atomic E-state index is 0.598. The number of benzene rings is 1. The minimum Gasteiger partial charge on any atom is -0.497 e. The average Bonchev–Trinajstić information content (AvgIpc) is 2.76. The fourth-order valence-electron chi connectivity index (χ4n) is 2.14. The zero-order valence-corrected chi connectivity index (χ0v) is 12.7. The third-order valence-corrected chi connectivity index (χ3v) is 3.12. The monoisotopic (exact) mass is 273 g/mol. The van der Waals surface area contributed by atoms with Crippen molar-refractivity contribution in [1.29, 1.82) is 0 Å². The number of anilines is 1. The van der Waals surface area contributed by atoms with Gasteiger partial charge in [0.15, 0.2) is 0 Å². The van der Waals surface area contributed by atoms with Crippen LogP contribution in [-0.4, -0.2) is 16.9 Å². The van der Waals surface area contributed by atoms with Gasteiger partial charge in [0.05, 0.1) is 18.5 Å². The molecule has 0 aliphatic carbocycles. The van der Waals surface area contributed by atoms with E-state index in [4.69, 9.17) is 4.74 Å². The molecule has 4 nitrogen and oxygen atoms in total. The van der Waals surface area contributed by atoms with E-state index in [0.717, 1.165) is 30.2 Å². The first-order valence-corrected chi connectivity index (χ1v) is 6.99. The van der Waals surface area contributed by atoms with E-state index in [1.807, 2.05) is 29.8 Å². The van der Waals surface area contributed by atoms with Gasteiger partial charge >= 0.3 is 0 Å². The summed E-state index contributed by atoms with van der Waals surface area (Å²) in [6, 6.07) is 8.09. The molecular formula is C16H23N3O. The van der Waals surface area contributed by atoms with Gasteiger partial charge in [-0.05, 0) is 30.5 Å². The van der Waals surface area contributed by atoms with Gasteiger partial charge < -0.3 is 10.1 Å². The maximum absolute atomic E-state index is 5.23. The molecule has 1 aromatic carbocycles. The second kappa shape index (κ2) is 6.46. The third-order valence-electron chi connectivity index (χ3n) is 3.12. The highest BCUT2D eigenvalue weighted by atomic mass is 16.5. The number of rotatable bonds is 6. The van der Waals surface area contributed by atoms with Gasteiger partial charge in [0, 0.05) is 19.3 Å². The summed E-state index contributed by atoms with van der Waals surface area (Å²) in [5.74, 6) is 1.48. The molecule has 4 heteroatoms. The number of hydrogen-bond acceptors (Lipinski definition) is 3. The second-order valence-electron chi connectivity index (χ2n) is 5.45. The molecular weight excluding hydrogens is 250 g/mol. The molecule has 0 amide bonds. The van der Waals surface area contributed by atoms with Gasteiger partial charge in [-0.15, -0.1) is 0 Å². The van der Waals surface area contributed by atoms with Gasteiger partial charge in [-0.25, -0.2) is 0 Å². The molecule has 1 aromatic heterocycles. The molecule has 1 heterocycles. The lowest BCUT2D eigenvalue weighted by molar-refractivity contribution is 0.414. The largest absolute Gasteiger partial charge is 0.497 e. The fraction of sp³-hybridized carbons (Fsp3) is 0.438. The Kier molecular flexibility index (Phi) is 4.66. The summed E-state index contributed by atoms with van der Waals surface area (Å²) in [7, 11) is 1.69. The fourth-order valence-corrected chi connectivity index (χ4v) is 2.14. The molecule has 0 radical (unpaired) electrons. The van der Waals surface area contributed by atoms with Crippen LogP contribution in [-0.2, 0) is 13.1 Å². The topological polar surface area (TPSA) is 39.1 Å². The molecule has 108 valence electrons. The Morgan fingerprint density at radius 3 is 2.85 bits per heavy atom. The van der Waals surface area contributed by atoms with Crippen molar-refractivity contribution in [2.45, 2.75) is 33.9 Å². The highest BCUT2D eigenvalue weighted by Crippen LogP contribution is 2.17. The van der Waals surface area contributed by atoms with Crippen LogP contribution in [0.3, 0.4) is 0 Å². The van der Waals surface area contributed by atoms with E-state index in [0.29, 0.717) is 5.92 Å². The maximum atomic E-state index is 5.23. The molecule has 0 bridgehead atoms. The number of nitrogens with zero attached hydrogens (tertiary/aromatic N) is 2. The van der Waals surface area contributed by atoms with Gasteiger partial charge in [0.2, 0.25) is 0 Å². The summed E-state index contributed by atoms with van der Waals surface area (Å²) in [5.41, 5.74) is 3.32. The van der Waals surface area contributed by atoms with Crippen molar-refractivity contribution in [1.82, 2.24) is 9.78 Å². The maximum Gasteiger partial charge on any atom is 0.119 e. The minimum absolute atomic E-state index is 0.598. The van der Waals surface area contributed by atoms with Crippen LogP contribution in [0.4, 0.5) is 5.69 Å². The highest BCUT2D eigenvalue weighted by Gasteiger charge is 2.06. The molecule has 0 unspecified atom stereocenters. The van der Waals surface area contributed by atoms with Crippen molar-refractivity contribution in [3.05, 3.63) is 41.7 Å². The Morgan fingerprint density at radius 1 is 1.35 bits per heavy atom. The third kappa shape index (κ3) is 3.76. The van der Waals surface area contributed by atoms with E-state index in [2.05, 4.69) is 36.5 Å². The normalized spacial score (nSPS) is 10.8. The van der Waals surface area contributed by atoms with Crippen LogP contribution >= 0.6 is 0 Å². The summed E-state index contributed by atoms with van der Waals surface area (Å²) in [5, 5.41) is 7.96.